The molecule has 19 heavy (non-hydrogen) atoms. The molecule has 1 atom stereocenters. The molecule has 0 spiro atoms. The molecule has 0 heterocycles. The fourth-order valence-corrected chi connectivity index (χ4v) is 1.57. The molecule has 0 fully saturated rings. The van der Waals surface area contributed by atoms with Gasteiger partial charge in [-0.3, -0.25) is 4.79 Å². The number of benzene rings is 1. The third kappa shape index (κ3) is 4.92. The number of nitrogens with one attached hydrogen (secondary N) is 2. The van der Waals surface area contributed by atoms with Gasteiger partial charge in [-0.25, -0.2) is 8.78 Å². The van der Waals surface area contributed by atoms with Crippen LogP contribution in [0.15, 0.2) is 18.2 Å². The van der Waals surface area contributed by atoms with Gasteiger partial charge in [0, 0.05) is 25.3 Å². The molecule has 4 nitrogen and oxygen atoms in total. The largest absolute Gasteiger partial charge is 0.383 e. The molecule has 1 unspecified atom stereocenters. The molecule has 0 aromatic heterocycles. The van der Waals surface area contributed by atoms with Gasteiger partial charge in [0.1, 0.15) is 0 Å². The SMILES string of the molecule is COCCNC(=O)CNC(C)c1cccc(F)c1F. The van der Waals surface area contributed by atoms with E-state index < -0.39 is 17.7 Å². The van der Waals surface area contributed by atoms with Gasteiger partial charge >= 0.3 is 0 Å². The van der Waals surface area contributed by atoms with E-state index in [-0.39, 0.29) is 18.0 Å². The van der Waals surface area contributed by atoms with Gasteiger partial charge in [0.2, 0.25) is 5.91 Å². The summed E-state index contributed by atoms with van der Waals surface area (Å²) >= 11 is 0. The Morgan fingerprint density at radius 1 is 1.42 bits per heavy atom. The van der Waals surface area contributed by atoms with Gasteiger partial charge in [0.15, 0.2) is 11.6 Å². The number of carbonyl (C=O) groups excluding carboxylic acids is 1. The summed E-state index contributed by atoms with van der Waals surface area (Å²) < 4.78 is 31.3. The summed E-state index contributed by atoms with van der Waals surface area (Å²) in [5.74, 6) is -2.00. The predicted octanol–water partition coefficient (Wildman–Crippen LogP) is 1.38. The van der Waals surface area contributed by atoms with Crippen molar-refractivity contribution < 1.29 is 18.3 Å². The molecule has 0 aliphatic heterocycles. The van der Waals surface area contributed by atoms with Crippen LogP contribution in [0.4, 0.5) is 8.78 Å². The van der Waals surface area contributed by atoms with Crippen LogP contribution in [0, 0.1) is 11.6 Å². The topological polar surface area (TPSA) is 50.4 Å². The molecule has 1 aromatic rings. The molecule has 0 radical (unpaired) electrons. The minimum atomic E-state index is -0.893. The molecule has 6 heteroatoms. The molecular weight excluding hydrogens is 254 g/mol. The van der Waals surface area contributed by atoms with Crippen molar-refractivity contribution in [1.29, 1.82) is 0 Å². The number of amides is 1. The highest BCUT2D eigenvalue weighted by Crippen LogP contribution is 2.18. The van der Waals surface area contributed by atoms with Crippen molar-refractivity contribution in [2.45, 2.75) is 13.0 Å². The van der Waals surface area contributed by atoms with E-state index in [2.05, 4.69) is 10.6 Å². The van der Waals surface area contributed by atoms with Crippen LogP contribution in [0.3, 0.4) is 0 Å². The Hall–Kier alpha value is -1.53. The van der Waals surface area contributed by atoms with Crippen molar-refractivity contribution in [2.75, 3.05) is 26.8 Å². The Morgan fingerprint density at radius 2 is 2.16 bits per heavy atom. The zero-order valence-electron chi connectivity index (χ0n) is 11.0. The Balaban J connectivity index is 2.44. The maximum atomic E-state index is 13.5. The van der Waals surface area contributed by atoms with Gasteiger partial charge in [0.05, 0.1) is 13.2 Å². The minimum absolute atomic E-state index is 0.0286. The van der Waals surface area contributed by atoms with Crippen LogP contribution in [-0.4, -0.2) is 32.7 Å². The van der Waals surface area contributed by atoms with Crippen LogP contribution < -0.4 is 10.6 Å². The van der Waals surface area contributed by atoms with E-state index in [1.54, 1.807) is 14.0 Å². The van der Waals surface area contributed by atoms with E-state index in [0.717, 1.165) is 6.07 Å². The van der Waals surface area contributed by atoms with E-state index in [4.69, 9.17) is 4.74 Å². The number of hydrogen-bond acceptors (Lipinski definition) is 3. The molecule has 0 saturated heterocycles. The normalized spacial score (nSPS) is 12.2. The van der Waals surface area contributed by atoms with Crippen molar-refractivity contribution in [3.63, 3.8) is 0 Å². The van der Waals surface area contributed by atoms with Crippen molar-refractivity contribution >= 4 is 5.91 Å². The molecular formula is C13H18F2N2O2. The van der Waals surface area contributed by atoms with Gasteiger partial charge < -0.3 is 15.4 Å². The molecule has 1 aromatic carbocycles. The molecule has 1 amide bonds. The third-order valence-corrected chi connectivity index (χ3v) is 2.65. The lowest BCUT2D eigenvalue weighted by molar-refractivity contribution is -0.120. The smallest absolute Gasteiger partial charge is 0.234 e. The number of rotatable bonds is 7. The second-order valence-corrected chi connectivity index (χ2v) is 4.09. The highest BCUT2D eigenvalue weighted by atomic mass is 19.2. The van der Waals surface area contributed by atoms with E-state index in [9.17, 15) is 13.6 Å². The second-order valence-electron chi connectivity index (χ2n) is 4.09. The summed E-state index contributed by atoms with van der Waals surface area (Å²) in [6.07, 6.45) is 0. The number of ether oxygens (including phenoxy) is 1. The highest BCUT2D eigenvalue weighted by Gasteiger charge is 2.14. The first-order chi connectivity index (χ1) is 9.06. The first kappa shape index (κ1) is 15.5. The van der Waals surface area contributed by atoms with Gasteiger partial charge in [0.25, 0.3) is 0 Å². The monoisotopic (exact) mass is 272 g/mol. The average molecular weight is 272 g/mol. The fraction of sp³-hybridized carbons (Fsp3) is 0.462. The predicted molar refractivity (Wildman–Crippen MR) is 67.7 cm³/mol. The van der Waals surface area contributed by atoms with Gasteiger partial charge in [-0.15, -0.1) is 0 Å². The van der Waals surface area contributed by atoms with Crippen LogP contribution >= 0.6 is 0 Å². The van der Waals surface area contributed by atoms with Crippen LogP contribution in [0.2, 0.25) is 0 Å². The van der Waals surface area contributed by atoms with Crippen molar-refractivity contribution in [2.24, 2.45) is 0 Å². The summed E-state index contributed by atoms with van der Waals surface area (Å²) in [7, 11) is 1.54. The molecule has 106 valence electrons. The molecule has 0 aliphatic rings. The summed E-state index contributed by atoms with van der Waals surface area (Å²) in [6, 6.07) is 3.52. The number of halogens is 2. The zero-order chi connectivity index (χ0) is 14.3. The van der Waals surface area contributed by atoms with Crippen molar-refractivity contribution in [3.05, 3.63) is 35.4 Å². The highest BCUT2D eigenvalue weighted by molar-refractivity contribution is 5.78. The first-order valence-electron chi connectivity index (χ1n) is 5.99. The Kier molecular flexibility index (Phi) is 6.38. The lowest BCUT2D eigenvalue weighted by atomic mass is 10.1. The summed E-state index contributed by atoms with van der Waals surface area (Å²) in [5.41, 5.74) is 0.199. The van der Waals surface area contributed by atoms with E-state index >= 15 is 0 Å². The Labute approximate surface area is 111 Å². The first-order valence-corrected chi connectivity index (χ1v) is 5.99. The molecule has 1 rings (SSSR count). The second kappa shape index (κ2) is 7.81. The van der Waals surface area contributed by atoms with Gasteiger partial charge in [-0.2, -0.15) is 0 Å². The van der Waals surface area contributed by atoms with E-state index in [1.165, 1.54) is 12.1 Å². The summed E-state index contributed by atoms with van der Waals surface area (Å²) in [5, 5.41) is 5.46. The van der Waals surface area contributed by atoms with Crippen molar-refractivity contribution in [3.8, 4) is 0 Å². The number of carbonyl (C=O) groups is 1. The minimum Gasteiger partial charge on any atom is -0.383 e. The Bertz CT molecular complexity index is 427. The zero-order valence-corrected chi connectivity index (χ0v) is 11.0. The average Bonchev–Trinajstić information content (AvgIpc) is 2.39. The maximum Gasteiger partial charge on any atom is 0.234 e. The van der Waals surface area contributed by atoms with Crippen LogP contribution in [0.5, 0.6) is 0 Å². The van der Waals surface area contributed by atoms with Crippen molar-refractivity contribution in [1.82, 2.24) is 10.6 Å². The number of hydrogen-bond donors (Lipinski definition) is 2. The lowest BCUT2D eigenvalue weighted by Gasteiger charge is -2.15. The van der Waals surface area contributed by atoms with E-state index in [1.807, 2.05) is 0 Å². The quantitative estimate of drug-likeness (QED) is 0.737. The third-order valence-electron chi connectivity index (χ3n) is 2.65. The molecule has 2 N–H and O–H groups in total. The lowest BCUT2D eigenvalue weighted by Crippen LogP contribution is -2.36. The Morgan fingerprint density at radius 3 is 2.84 bits per heavy atom. The van der Waals surface area contributed by atoms with E-state index in [0.29, 0.717) is 13.2 Å². The molecule has 0 aliphatic carbocycles. The van der Waals surface area contributed by atoms with Crippen LogP contribution in [-0.2, 0) is 9.53 Å². The fourth-order valence-electron chi connectivity index (χ4n) is 1.57. The standard InChI is InChI=1S/C13H18F2N2O2/c1-9(10-4-3-5-11(14)13(10)15)17-8-12(18)16-6-7-19-2/h3-5,9,17H,6-8H2,1-2H3,(H,16,18). The van der Waals surface area contributed by atoms with Gasteiger partial charge in [-0.1, -0.05) is 12.1 Å². The molecule has 0 saturated carbocycles. The summed E-state index contributed by atoms with van der Waals surface area (Å²) in [4.78, 5) is 11.4. The number of methoxy groups -OCH3 is 1. The summed E-state index contributed by atoms with van der Waals surface area (Å²) in [6.45, 7) is 2.54. The van der Waals surface area contributed by atoms with Crippen LogP contribution in [0.1, 0.15) is 18.5 Å². The maximum absolute atomic E-state index is 13.5. The van der Waals surface area contributed by atoms with Crippen LogP contribution in [0.25, 0.3) is 0 Å². The molecule has 0 bridgehead atoms. The van der Waals surface area contributed by atoms with Gasteiger partial charge in [-0.05, 0) is 13.0 Å².